The van der Waals surface area contributed by atoms with Gasteiger partial charge < -0.3 is 0 Å². The summed E-state index contributed by atoms with van der Waals surface area (Å²) in [5, 5.41) is 10.7. The SMILES string of the molecule is C1=CCC(C2CC(C3=CC4=C(C=C5c6c(c(-c7ccc8ccccc8c7)c7cc8c9c(cccc9c7c6-c6ccc7ccccc7c6)C6=C8CCC=C6)C6=CC=CC4C65)CC3)=CC(C3=CCCC=C3)=N2)C=C1. The average molecular weight is 920 g/mol. The summed E-state index contributed by atoms with van der Waals surface area (Å²) in [4.78, 5) is 5.51. The van der Waals surface area contributed by atoms with Crippen molar-refractivity contribution in [3.63, 3.8) is 0 Å². The fourth-order valence-electron chi connectivity index (χ4n) is 14.6. The van der Waals surface area contributed by atoms with E-state index in [1.54, 1.807) is 0 Å². The third-order valence-electron chi connectivity index (χ3n) is 17.8. The molecule has 1 heterocycles. The van der Waals surface area contributed by atoms with E-state index in [1.165, 1.54) is 143 Å². The first kappa shape index (κ1) is 40.8. The molecule has 4 atom stereocenters. The van der Waals surface area contributed by atoms with Gasteiger partial charge in [0.2, 0.25) is 0 Å². The number of allylic oxidation sites excluding steroid dienone is 22. The molecule has 0 fully saturated rings. The van der Waals surface area contributed by atoms with Gasteiger partial charge in [-0.05, 0) is 213 Å². The number of hydrogen-bond acceptors (Lipinski definition) is 1. The van der Waals surface area contributed by atoms with Gasteiger partial charge in [-0.1, -0.05) is 176 Å². The van der Waals surface area contributed by atoms with Gasteiger partial charge >= 0.3 is 0 Å². The molecule has 72 heavy (non-hydrogen) atoms. The molecule has 0 N–H and O–H groups in total. The highest BCUT2D eigenvalue weighted by atomic mass is 14.8. The summed E-state index contributed by atoms with van der Waals surface area (Å²) in [6.45, 7) is 0. The highest BCUT2D eigenvalue weighted by Gasteiger charge is 2.46. The van der Waals surface area contributed by atoms with Crippen LogP contribution in [0.3, 0.4) is 0 Å². The Bertz CT molecular complexity index is 4090. The summed E-state index contributed by atoms with van der Waals surface area (Å²) in [6, 6.07) is 42.4. The standard InChI is InChI=1S/C71H53N/c1-3-17-44(18-4-1)63-39-52(40-64(72-63)45-19-5-2-6-20-45)48-31-32-49-38-61-68-56(59(49)37-48)26-14-28-58(68)70-65(50-33-29-42-15-7-9-21-46(42)35-50)62-41-60-54-24-12-11-23-53(54)55-25-13-27-57(67(55)60)69(62)66(71(61)70)51-34-30-43-16-8-10-22-47(43)36-51/h1,3-5,7-11,13-17,19-23,25-30,33-38,40-41,44,56,63,68H,2,6,12,18,24,31-32,39H2. The summed E-state index contributed by atoms with van der Waals surface area (Å²) >= 11 is 0. The molecule has 7 aromatic rings. The van der Waals surface area contributed by atoms with Crippen LogP contribution in [0.1, 0.15) is 73.6 Å². The van der Waals surface area contributed by atoms with E-state index >= 15 is 0 Å². The second kappa shape index (κ2) is 15.8. The zero-order valence-electron chi connectivity index (χ0n) is 40.5. The van der Waals surface area contributed by atoms with Gasteiger partial charge in [0, 0.05) is 17.8 Å². The van der Waals surface area contributed by atoms with Crippen molar-refractivity contribution in [2.45, 2.75) is 57.4 Å². The van der Waals surface area contributed by atoms with Gasteiger partial charge in [0.25, 0.3) is 0 Å². The van der Waals surface area contributed by atoms with Crippen molar-refractivity contribution in [3.8, 4) is 22.3 Å². The van der Waals surface area contributed by atoms with E-state index in [4.69, 9.17) is 4.99 Å². The van der Waals surface area contributed by atoms with Crippen LogP contribution in [0, 0.1) is 17.8 Å². The first-order valence-corrected chi connectivity index (χ1v) is 26.7. The zero-order valence-corrected chi connectivity index (χ0v) is 40.5. The Morgan fingerprint density at radius 1 is 0.528 bits per heavy atom. The zero-order chi connectivity index (χ0) is 47.0. The minimum Gasteiger partial charge on any atom is -0.280 e. The molecule has 0 bridgehead atoms. The van der Waals surface area contributed by atoms with Gasteiger partial charge in [0.1, 0.15) is 0 Å². The van der Waals surface area contributed by atoms with Crippen LogP contribution in [-0.4, -0.2) is 11.8 Å². The fraction of sp³-hybridized carbons (Fsp3) is 0.169. The summed E-state index contributed by atoms with van der Waals surface area (Å²) < 4.78 is 0. The molecule has 0 amide bonds. The first-order chi connectivity index (χ1) is 35.7. The second-order valence-corrected chi connectivity index (χ2v) is 21.6. The number of fused-ring (bicyclic) bond motifs is 10. The monoisotopic (exact) mass is 919 g/mol. The van der Waals surface area contributed by atoms with Crippen molar-refractivity contribution >= 4 is 71.1 Å². The Morgan fingerprint density at radius 3 is 2.14 bits per heavy atom. The van der Waals surface area contributed by atoms with E-state index in [9.17, 15) is 0 Å². The first-order valence-electron chi connectivity index (χ1n) is 26.7. The van der Waals surface area contributed by atoms with Gasteiger partial charge in [-0.2, -0.15) is 0 Å². The molecule has 0 spiro atoms. The lowest BCUT2D eigenvalue weighted by atomic mass is 9.68. The molecule has 7 aromatic carbocycles. The Balaban J connectivity index is 0.962. The molecule has 8 aliphatic carbocycles. The molecule has 9 aliphatic rings. The van der Waals surface area contributed by atoms with Crippen molar-refractivity contribution in [1.82, 2.24) is 0 Å². The molecule has 4 unspecified atom stereocenters. The Labute approximate surface area is 421 Å². The van der Waals surface area contributed by atoms with Crippen molar-refractivity contribution in [1.29, 1.82) is 0 Å². The van der Waals surface area contributed by atoms with E-state index in [0.717, 1.165) is 51.4 Å². The van der Waals surface area contributed by atoms with Crippen LogP contribution >= 0.6 is 0 Å². The van der Waals surface area contributed by atoms with Crippen LogP contribution in [0.4, 0.5) is 0 Å². The minimum atomic E-state index is 0.212. The highest BCUT2D eigenvalue weighted by Crippen LogP contribution is 2.64. The molecule has 1 aliphatic heterocycles. The number of rotatable bonds is 5. The van der Waals surface area contributed by atoms with Crippen molar-refractivity contribution in [2.24, 2.45) is 22.7 Å². The number of aliphatic imine (C=N–C) groups is 1. The second-order valence-electron chi connectivity index (χ2n) is 21.6. The molecule has 0 aromatic heterocycles. The summed E-state index contributed by atoms with van der Waals surface area (Å²) in [7, 11) is 0. The largest absolute Gasteiger partial charge is 0.280 e. The maximum absolute atomic E-state index is 5.51. The number of benzene rings is 7. The van der Waals surface area contributed by atoms with Crippen LogP contribution < -0.4 is 0 Å². The smallest absolute Gasteiger partial charge is 0.0649 e. The Kier molecular flexibility index (Phi) is 8.97. The van der Waals surface area contributed by atoms with Gasteiger partial charge in [-0.3, -0.25) is 4.99 Å². The van der Waals surface area contributed by atoms with E-state index in [0.29, 0.717) is 5.92 Å². The molecule has 342 valence electrons. The van der Waals surface area contributed by atoms with Crippen LogP contribution in [0.5, 0.6) is 0 Å². The minimum absolute atomic E-state index is 0.212. The number of nitrogens with zero attached hydrogens (tertiary/aromatic N) is 1. The van der Waals surface area contributed by atoms with Gasteiger partial charge in [-0.15, -0.1) is 0 Å². The lowest BCUT2D eigenvalue weighted by Crippen LogP contribution is -2.26. The summed E-state index contributed by atoms with van der Waals surface area (Å²) in [6.07, 6.45) is 44.8. The van der Waals surface area contributed by atoms with E-state index in [-0.39, 0.29) is 17.9 Å². The van der Waals surface area contributed by atoms with Crippen molar-refractivity contribution < 1.29 is 0 Å². The molecule has 1 nitrogen and oxygen atoms in total. The third-order valence-corrected chi connectivity index (χ3v) is 17.8. The third kappa shape index (κ3) is 6.04. The van der Waals surface area contributed by atoms with Crippen LogP contribution in [0.15, 0.2) is 233 Å². The topological polar surface area (TPSA) is 12.4 Å². The number of dihydropyridines is 1. The van der Waals surface area contributed by atoms with Gasteiger partial charge in [0.15, 0.2) is 0 Å². The van der Waals surface area contributed by atoms with Crippen LogP contribution in [0.2, 0.25) is 0 Å². The Morgan fingerprint density at radius 2 is 1.33 bits per heavy atom. The molecule has 0 saturated carbocycles. The molecular weight excluding hydrogens is 867 g/mol. The molecular formula is C71H53N. The molecule has 0 radical (unpaired) electrons. The van der Waals surface area contributed by atoms with Crippen LogP contribution in [-0.2, 0) is 0 Å². The van der Waals surface area contributed by atoms with E-state index in [2.05, 4.69) is 200 Å². The maximum atomic E-state index is 5.51. The van der Waals surface area contributed by atoms with Gasteiger partial charge in [-0.25, -0.2) is 0 Å². The maximum Gasteiger partial charge on any atom is 0.0649 e. The average Bonchev–Trinajstić information content (AvgIpc) is 3.95. The lowest BCUT2D eigenvalue weighted by Gasteiger charge is -2.36. The normalized spacial score (nSPS) is 23.2. The number of hydrogen-bond donors (Lipinski definition) is 0. The van der Waals surface area contributed by atoms with Crippen LogP contribution in [0.25, 0.3) is 87.6 Å². The van der Waals surface area contributed by atoms with Gasteiger partial charge in [0.05, 0.1) is 11.8 Å². The fourth-order valence-corrected chi connectivity index (χ4v) is 14.6. The van der Waals surface area contributed by atoms with E-state index < -0.39 is 0 Å². The van der Waals surface area contributed by atoms with E-state index in [1.807, 2.05) is 0 Å². The van der Waals surface area contributed by atoms with Crippen molar-refractivity contribution in [3.05, 3.63) is 250 Å². The summed E-state index contributed by atoms with van der Waals surface area (Å²) in [5.41, 5.74) is 25.4. The van der Waals surface area contributed by atoms with Crippen molar-refractivity contribution in [2.75, 3.05) is 0 Å². The molecule has 1 heteroatoms. The lowest BCUT2D eigenvalue weighted by molar-refractivity contribution is 0.498. The molecule has 16 rings (SSSR count). The Hall–Kier alpha value is -7.87. The predicted octanol–water partition coefficient (Wildman–Crippen LogP) is 18.4. The predicted molar refractivity (Wildman–Crippen MR) is 306 cm³/mol. The summed E-state index contributed by atoms with van der Waals surface area (Å²) in [5.74, 6) is 0.870. The molecule has 0 saturated heterocycles. The quantitative estimate of drug-likeness (QED) is 0.153. The highest BCUT2D eigenvalue weighted by molar-refractivity contribution is 6.30.